The minimum atomic E-state index is -1.21. The Morgan fingerprint density at radius 3 is 0.786 bits per heavy atom. The summed E-state index contributed by atoms with van der Waals surface area (Å²) in [6, 6.07) is 0. The molecule has 0 heterocycles. The highest BCUT2D eigenvalue weighted by Crippen LogP contribution is 2.50. The summed E-state index contributed by atoms with van der Waals surface area (Å²) in [6.07, 6.45) is 0. The minimum absolute atomic E-state index is 0.0974. The van der Waals surface area contributed by atoms with Crippen LogP contribution in [-0.4, -0.2) is 11.9 Å². The third-order valence-corrected chi connectivity index (χ3v) is 14.9. The number of rotatable bonds is 2. The van der Waals surface area contributed by atoms with Crippen molar-refractivity contribution in [1.29, 1.82) is 0 Å². The van der Waals surface area contributed by atoms with Crippen LogP contribution in [0.5, 0.6) is 11.5 Å². The maximum atomic E-state index is 12.3. The Morgan fingerprint density at radius 2 is 0.571 bits per heavy atom. The highest BCUT2D eigenvalue weighted by molar-refractivity contribution is 9.16. The molecule has 14 heteroatoms. The SMILES string of the molecule is O=C(Oc1c(Br)c(Br)c(Br)c(Br)c1Br)C(=O)Oc1c(Br)c(Br)c(Br)c(Br)c1Br. The molecule has 0 aliphatic heterocycles. The largest absolute Gasteiger partial charge is 0.423 e. The normalized spacial score (nSPS) is 10.8. The van der Waals surface area contributed by atoms with Crippen molar-refractivity contribution in [3.63, 3.8) is 0 Å². The average molecular weight is 1030 g/mol. The predicted octanol–water partition coefficient (Wildman–Crippen LogP) is 9.82. The number of ether oxygens (including phenoxy) is 2. The van der Waals surface area contributed by atoms with E-state index in [0.717, 1.165) is 0 Å². The Balaban J connectivity index is 2.36. The lowest BCUT2D eigenvalue weighted by Gasteiger charge is -2.15. The standard InChI is InChI=1S/C14Br10O4/c15-1-3(17)7(21)11(8(22)4(1)18)27-13(25)14(26)28-12-9(23)5(19)2(16)6(20)10(12)24. The van der Waals surface area contributed by atoms with E-state index in [0.29, 0.717) is 44.7 Å². The van der Waals surface area contributed by atoms with E-state index in [1.54, 1.807) is 0 Å². The molecule has 0 radical (unpaired) electrons. The number of benzene rings is 2. The molecular formula is C14Br10O4. The molecule has 0 fully saturated rings. The van der Waals surface area contributed by atoms with Crippen LogP contribution in [0, 0.1) is 0 Å². The van der Waals surface area contributed by atoms with Gasteiger partial charge in [0, 0.05) is 8.95 Å². The molecular weight excluding hydrogens is 1030 g/mol. The first-order valence-corrected chi connectivity index (χ1v) is 14.3. The summed E-state index contributed by atoms with van der Waals surface area (Å²) in [5.41, 5.74) is 0. The quantitative estimate of drug-likeness (QED) is 0.0990. The fourth-order valence-electron chi connectivity index (χ4n) is 1.62. The van der Waals surface area contributed by atoms with Gasteiger partial charge in [0.05, 0.1) is 35.8 Å². The highest BCUT2D eigenvalue weighted by Gasteiger charge is 2.28. The van der Waals surface area contributed by atoms with Crippen molar-refractivity contribution in [2.24, 2.45) is 0 Å². The predicted molar refractivity (Wildman–Crippen MR) is 141 cm³/mol. The molecule has 0 bridgehead atoms. The highest BCUT2D eigenvalue weighted by atomic mass is 79.9. The van der Waals surface area contributed by atoms with Crippen LogP contribution < -0.4 is 9.47 Å². The second-order valence-corrected chi connectivity index (χ2v) is 12.5. The van der Waals surface area contributed by atoms with Crippen LogP contribution in [0.15, 0.2) is 44.7 Å². The molecule has 0 amide bonds. The number of hydrogen-bond acceptors (Lipinski definition) is 4. The monoisotopic (exact) mass is 1020 g/mol. The summed E-state index contributed by atoms with van der Waals surface area (Å²) in [6.45, 7) is 0. The van der Waals surface area contributed by atoms with E-state index in [9.17, 15) is 9.59 Å². The van der Waals surface area contributed by atoms with E-state index in [1.165, 1.54) is 0 Å². The van der Waals surface area contributed by atoms with Crippen LogP contribution in [-0.2, 0) is 9.59 Å². The van der Waals surface area contributed by atoms with Crippen LogP contribution >= 0.6 is 159 Å². The van der Waals surface area contributed by atoms with Crippen molar-refractivity contribution in [3.8, 4) is 11.5 Å². The third kappa shape index (κ3) is 5.38. The van der Waals surface area contributed by atoms with Crippen LogP contribution in [0.1, 0.15) is 0 Å². The van der Waals surface area contributed by atoms with Crippen molar-refractivity contribution in [1.82, 2.24) is 0 Å². The van der Waals surface area contributed by atoms with Crippen molar-refractivity contribution in [2.45, 2.75) is 0 Å². The van der Waals surface area contributed by atoms with Crippen LogP contribution in [0.25, 0.3) is 0 Å². The summed E-state index contributed by atoms with van der Waals surface area (Å²) >= 11 is 33.5. The van der Waals surface area contributed by atoms with Crippen molar-refractivity contribution >= 4 is 171 Å². The van der Waals surface area contributed by atoms with Gasteiger partial charge in [-0.3, -0.25) is 0 Å². The van der Waals surface area contributed by atoms with Gasteiger partial charge >= 0.3 is 11.9 Å². The van der Waals surface area contributed by atoms with Crippen molar-refractivity contribution in [2.75, 3.05) is 0 Å². The zero-order valence-electron chi connectivity index (χ0n) is 12.4. The number of halogens is 10. The molecule has 28 heavy (non-hydrogen) atoms. The van der Waals surface area contributed by atoms with Gasteiger partial charge in [0.2, 0.25) is 0 Å². The Hall–Kier alpha value is 2.18. The molecule has 0 saturated carbocycles. The van der Waals surface area contributed by atoms with E-state index in [-0.39, 0.29) is 11.5 Å². The summed E-state index contributed by atoms with van der Waals surface area (Å²) < 4.78 is 15.9. The lowest BCUT2D eigenvalue weighted by atomic mass is 10.3. The fraction of sp³-hybridized carbons (Fsp3) is 0. The third-order valence-electron chi connectivity index (χ3n) is 2.90. The summed E-state index contributed by atoms with van der Waals surface area (Å²) in [7, 11) is 0. The van der Waals surface area contributed by atoms with Crippen LogP contribution in [0.3, 0.4) is 0 Å². The lowest BCUT2D eigenvalue weighted by Crippen LogP contribution is -2.26. The van der Waals surface area contributed by atoms with Gasteiger partial charge in [0.1, 0.15) is 0 Å². The van der Waals surface area contributed by atoms with Gasteiger partial charge in [-0.1, -0.05) is 0 Å². The fourth-order valence-corrected chi connectivity index (χ4v) is 7.96. The topological polar surface area (TPSA) is 52.6 Å². The van der Waals surface area contributed by atoms with Gasteiger partial charge in [-0.05, 0) is 159 Å². The molecule has 2 rings (SSSR count). The van der Waals surface area contributed by atoms with Gasteiger partial charge in [0.15, 0.2) is 11.5 Å². The smallest absolute Gasteiger partial charge is 0.416 e. The van der Waals surface area contributed by atoms with Crippen molar-refractivity contribution in [3.05, 3.63) is 44.7 Å². The Bertz CT molecular complexity index is 881. The second kappa shape index (κ2) is 10.9. The lowest BCUT2D eigenvalue weighted by molar-refractivity contribution is -0.156. The average Bonchev–Trinajstić information content (AvgIpc) is 2.67. The summed E-state index contributed by atoms with van der Waals surface area (Å²) in [4.78, 5) is 24.7. The molecule has 0 saturated heterocycles. The Kier molecular flexibility index (Phi) is 10.3. The first-order chi connectivity index (χ1) is 12.9. The number of esters is 2. The maximum Gasteiger partial charge on any atom is 0.423 e. The molecule has 0 unspecified atom stereocenters. The van der Waals surface area contributed by atoms with E-state index in [1.807, 2.05) is 0 Å². The first kappa shape index (κ1) is 26.4. The Labute approximate surface area is 242 Å². The van der Waals surface area contributed by atoms with E-state index in [4.69, 9.17) is 9.47 Å². The zero-order valence-corrected chi connectivity index (χ0v) is 28.3. The number of hydrogen-bond donors (Lipinski definition) is 0. The number of carbonyl (C=O) groups is 2. The van der Waals surface area contributed by atoms with E-state index in [2.05, 4.69) is 159 Å². The molecule has 2 aromatic carbocycles. The molecule has 0 spiro atoms. The van der Waals surface area contributed by atoms with Gasteiger partial charge in [-0.15, -0.1) is 0 Å². The molecule has 0 N–H and O–H groups in total. The molecule has 0 atom stereocenters. The molecule has 0 aliphatic carbocycles. The van der Waals surface area contributed by atoms with Crippen molar-refractivity contribution < 1.29 is 19.1 Å². The van der Waals surface area contributed by atoms with E-state index < -0.39 is 11.9 Å². The Morgan fingerprint density at radius 1 is 0.393 bits per heavy atom. The molecule has 0 aliphatic rings. The minimum Gasteiger partial charge on any atom is -0.416 e. The summed E-state index contributed by atoms with van der Waals surface area (Å²) in [5.74, 6) is -2.23. The van der Waals surface area contributed by atoms with E-state index >= 15 is 0 Å². The molecule has 150 valence electrons. The van der Waals surface area contributed by atoms with Gasteiger partial charge in [-0.25, -0.2) is 9.59 Å². The second-order valence-electron chi connectivity index (χ2n) is 4.58. The molecule has 4 nitrogen and oxygen atoms in total. The molecule has 0 aromatic heterocycles. The first-order valence-electron chi connectivity index (χ1n) is 6.36. The number of carbonyl (C=O) groups excluding carboxylic acids is 2. The maximum absolute atomic E-state index is 12.3. The van der Waals surface area contributed by atoms with Gasteiger partial charge < -0.3 is 9.47 Å². The zero-order chi connectivity index (χ0) is 21.5. The summed E-state index contributed by atoms with van der Waals surface area (Å²) in [5, 5.41) is 0. The molecule has 2 aromatic rings. The van der Waals surface area contributed by atoms with Gasteiger partial charge in [-0.2, -0.15) is 0 Å². The van der Waals surface area contributed by atoms with Crippen LogP contribution in [0.4, 0.5) is 0 Å². The van der Waals surface area contributed by atoms with Crippen LogP contribution in [0.2, 0.25) is 0 Å². The van der Waals surface area contributed by atoms with Gasteiger partial charge in [0.25, 0.3) is 0 Å².